The molecular formula is C26H51N2+. The fraction of sp³-hybridized carbons (Fsp3) is 0.885. The number of hydrogen-bond acceptors (Lipinski definition) is 0. The van der Waals surface area contributed by atoms with Crippen molar-refractivity contribution in [2.45, 2.75) is 149 Å². The van der Waals surface area contributed by atoms with Crippen molar-refractivity contribution >= 4 is 0 Å². The summed E-state index contributed by atoms with van der Waals surface area (Å²) in [6, 6.07) is 0.571. The number of rotatable bonds is 19. The van der Waals surface area contributed by atoms with E-state index in [0.717, 1.165) is 6.42 Å². The van der Waals surface area contributed by atoms with Gasteiger partial charge in [0.05, 0.1) is 12.6 Å². The molecule has 2 heteroatoms. The fourth-order valence-corrected chi connectivity index (χ4v) is 4.36. The zero-order valence-corrected chi connectivity index (χ0v) is 19.9. The topological polar surface area (TPSA) is 8.81 Å². The Kier molecular flexibility index (Phi) is 15.4. The van der Waals surface area contributed by atoms with Crippen LogP contribution in [-0.4, -0.2) is 4.57 Å². The molecule has 0 saturated heterocycles. The summed E-state index contributed by atoms with van der Waals surface area (Å²) in [5.41, 5.74) is 0. The normalized spacial score (nSPS) is 11.6. The van der Waals surface area contributed by atoms with Crippen LogP contribution >= 0.6 is 0 Å². The van der Waals surface area contributed by atoms with E-state index in [1.165, 1.54) is 115 Å². The summed E-state index contributed by atoms with van der Waals surface area (Å²) in [4.78, 5) is 0. The molecule has 0 spiro atoms. The van der Waals surface area contributed by atoms with E-state index in [9.17, 15) is 0 Å². The van der Waals surface area contributed by atoms with Gasteiger partial charge in [-0.25, -0.2) is 9.13 Å². The Labute approximate surface area is 177 Å². The van der Waals surface area contributed by atoms with E-state index in [-0.39, 0.29) is 0 Å². The van der Waals surface area contributed by atoms with E-state index in [2.05, 4.69) is 49.2 Å². The maximum atomic E-state index is 2.48. The van der Waals surface area contributed by atoms with Gasteiger partial charge in [-0.15, -0.1) is 0 Å². The summed E-state index contributed by atoms with van der Waals surface area (Å²) < 4.78 is 4.90. The molecule has 0 amide bonds. The van der Waals surface area contributed by atoms with Gasteiger partial charge in [0.2, 0.25) is 0 Å². The van der Waals surface area contributed by atoms with Crippen molar-refractivity contribution in [3.05, 3.63) is 18.2 Å². The van der Waals surface area contributed by atoms with Crippen molar-refractivity contribution in [1.82, 2.24) is 4.57 Å². The Balaban J connectivity index is 1.88. The summed E-state index contributed by atoms with van der Waals surface area (Å²) in [5, 5.41) is 0. The summed E-state index contributed by atoms with van der Waals surface area (Å²) in [5.74, 6) is 1.48. The summed E-state index contributed by atoms with van der Waals surface area (Å²) in [6.07, 6.45) is 28.7. The molecule has 0 N–H and O–H groups in total. The van der Waals surface area contributed by atoms with Crippen LogP contribution < -0.4 is 4.57 Å². The first-order chi connectivity index (χ1) is 13.7. The molecular weight excluding hydrogens is 340 g/mol. The third-order valence-corrected chi connectivity index (χ3v) is 6.16. The van der Waals surface area contributed by atoms with Gasteiger partial charge in [-0.05, 0) is 26.7 Å². The molecule has 0 bridgehead atoms. The van der Waals surface area contributed by atoms with Crippen LogP contribution in [0.3, 0.4) is 0 Å². The maximum absolute atomic E-state index is 2.48. The largest absolute Gasteiger partial charge is 0.256 e. The first kappa shape index (κ1) is 25.2. The standard InChI is InChI=1S/C26H51N2/c1-5-7-8-9-10-11-12-13-14-15-16-17-18-19-20-21-22-27-23-24-28(25(3)4)26(27)6-2/h23-25H,5-22H2,1-4H3/q+1. The van der Waals surface area contributed by atoms with E-state index in [1.807, 2.05) is 0 Å². The van der Waals surface area contributed by atoms with Gasteiger partial charge in [-0.2, -0.15) is 0 Å². The Bertz CT molecular complexity index is 461. The number of aryl methyl sites for hydroxylation is 1. The van der Waals surface area contributed by atoms with E-state index in [4.69, 9.17) is 0 Å². The molecule has 1 aromatic heterocycles. The second-order valence-electron chi connectivity index (χ2n) is 9.07. The van der Waals surface area contributed by atoms with Crippen molar-refractivity contribution in [2.75, 3.05) is 0 Å². The second kappa shape index (κ2) is 17.1. The molecule has 0 aliphatic carbocycles. The Morgan fingerprint density at radius 2 is 1.11 bits per heavy atom. The van der Waals surface area contributed by atoms with E-state index < -0.39 is 0 Å². The van der Waals surface area contributed by atoms with Crippen LogP contribution in [0.1, 0.15) is 142 Å². The highest BCUT2D eigenvalue weighted by Crippen LogP contribution is 2.14. The molecule has 0 aliphatic heterocycles. The quantitative estimate of drug-likeness (QED) is 0.166. The van der Waals surface area contributed by atoms with Crippen molar-refractivity contribution < 1.29 is 4.57 Å². The van der Waals surface area contributed by atoms with Gasteiger partial charge >= 0.3 is 0 Å². The lowest BCUT2D eigenvalue weighted by molar-refractivity contribution is -0.704. The minimum absolute atomic E-state index is 0.571. The molecule has 28 heavy (non-hydrogen) atoms. The number of unbranched alkanes of at least 4 members (excludes halogenated alkanes) is 15. The Morgan fingerprint density at radius 1 is 0.679 bits per heavy atom. The van der Waals surface area contributed by atoms with Crippen LogP contribution in [0.4, 0.5) is 0 Å². The minimum atomic E-state index is 0.571. The van der Waals surface area contributed by atoms with Gasteiger partial charge in [-0.3, -0.25) is 0 Å². The molecule has 0 radical (unpaired) electrons. The third-order valence-electron chi connectivity index (χ3n) is 6.16. The number of nitrogens with zero attached hydrogens (tertiary/aromatic N) is 2. The molecule has 0 aliphatic rings. The zero-order chi connectivity index (χ0) is 20.5. The monoisotopic (exact) mass is 391 g/mol. The second-order valence-corrected chi connectivity index (χ2v) is 9.07. The lowest BCUT2D eigenvalue weighted by Crippen LogP contribution is -2.37. The van der Waals surface area contributed by atoms with Gasteiger partial charge in [0.1, 0.15) is 12.4 Å². The van der Waals surface area contributed by atoms with Crippen molar-refractivity contribution in [1.29, 1.82) is 0 Å². The zero-order valence-electron chi connectivity index (χ0n) is 19.9. The third kappa shape index (κ3) is 11.3. The number of aromatic nitrogens is 2. The minimum Gasteiger partial charge on any atom is -0.234 e. The molecule has 0 aromatic carbocycles. The SMILES string of the molecule is CCCCCCCCCCCCCCCCCC[n+]1ccn(C(C)C)c1CC. The maximum Gasteiger partial charge on any atom is 0.256 e. The number of imidazole rings is 1. The number of hydrogen-bond donors (Lipinski definition) is 0. The molecule has 164 valence electrons. The fourth-order valence-electron chi connectivity index (χ4n) is 4.36. The molecule has 1 heterocycles. The first-order valence-corrected chi connectivity index (χ1v) is 12.8. The lowest BCUT2D eigenvalue weighted by Gasteiger charge is -2.06. The van der Waals surface area contributed by atoms with Crippen molar-refractivity contribution in [3.63, 3.8) is 0 Å². The van der Waals surface area contributed by atoms with Gasteiger partial charge in [0.15, 0.2) is 0 Å². The van der Waals surface area contributed by atoms with Gasteiger partial charge < -0.3 is 0 Å². The van der Waals surface area contributed by atoms with E-state index in [0.29, 0.717) is 6.04 Å². The van der Waals surface area contributed by atoms with Crippen LogP contribution in [0.15, 0.2) is 12.4 Å². The lowest BCUT2D eigenvalue weighted by atomic mass is 10.0. The molecule has 0 unspecified atom stereocenters. The Hall–Kier alpha value is -0.790. The highest BCUT2D eigenvalue weighted by atomic mass is 15.2. The summed E-state index contributed by atoms with van der Waals surface area (Å²) in [7, 11) is 0. The van der Waals surface area contributed by atoms with Crippen LogP contribution in [0.2, 0.25) is 0 Å². The highest BCUT2D eigenvalue weighted by molar-refractivity contribution is 4.85. The predicted molar refractivity (Wildman–Crippen MR) is 124 cm³/mol. The molecule has 1 aromatic rings. The van der Waals surface area contributed by atoms with Crippen LogP contribution in [0, 0.1) is 0 Å². The van der Waals surface area contributed by atoms with Crippen LogP contribution in [0.25, 0.3) is 0 Å². The summed E-state index contributed by atoms with van der Waals surface area (Å²) in [6.45, 7) is 10.3. The van der Waals surface area contributed by atoms with Gasteiger partial charge in [-0.1, -0.05) is 104 Å². The average Bonchev–Trinajstić information content (AvgIpc) is 3.11. The van der Waals surface area contributed by atoms with Gasteiger partial charge in [0, 0.05) is 6.42 Å². The smallest absolute Gasteiger partial charge is 0.234 e. The molecule has 0 saturated carbocycles. The first-order valence-electron chi connectivity index (χ1n) is 12.8. The van der Waals surface area contributed by atoms with Crippen molar-refractivity contribution in [3.8, 4) is 0 Å². The molecule has 0 atom stereocenters. The molecule has 1 rings (SSSR count). The highest BCUT2D eigenvalue weighted by Gasteiger charge is 2.16. The molecule has 2 nitrogen and oxygen atoms in total. The average molecular weight is 392 g/mol. The van der Waals surface area contributed by atoms with Crippen LogP contribution in [0.5, 0.6) is 0 Å². The van der Waals surface area contributed by atoms with Crippen molar-refractivity contribution in [2.24, 2.45) is 0 Å². The molecule has 0 fully saturated rings. The van der Waals surface area contributed by atoms with Gasteiger partial charge in [0.25, 0.3) is 5.82 Å². The van der Waals surface area contributed by atoms with E-state index in [1.54, 1.807) is 0 Å². The van der Waals surface area contributed by atoms with Crippen LogP contribution in [-0.2, 0) is 13.0 Å². The predicted octanol–water partition coefficient (Wildman–Crippen LogP) is 8.18. The van der Waals surface area contributed by atoms with E-state index >= 15 is 0 Å². The Morgan fingerprint density at radius 3 is 1.50 bits per heavy atom. The summed E-state index contributed by atoms with van der Waals surface area (Å²) >= 11 is 0.